The number of aryl methyl sites for hydroxylation is 2. The number of hydrogen-bond acceptors (Lipinski definition) is 3. The second kappa shape index (κ2) is 3.88. The van der Waals surface area contributed by atoms with Crippen LogP contribution in [-0.2, 0) is 6.42 Å². The van der Waals surface area contributed by atoms with Crippen LogP contribution < -0.4 is 0 Å². The maximum Gasteiger partial charge on any atom is 0.0820 e. The average Bonchev–Trinajstić information content (AvgIpc) is 2.65. The minimum Gasteiger partial charge on any atom is -0.255 e. The lowest BCUT2D eigenvalue weighted by Crippen LogP contribution is -1.86. The lowest BCUT2D eigenvalue weighted by Gasteiger charge is -1.99. The van der Waals surface area contributed by atoms with Gasteiger partial charge in [-0.15, -0.1) is 11.3 Å². The van der Waals surface area contributed by atoms with Crippen LogP contribution in [0.4, 0.5) is 0 Å². The van der Waals surface area contributed by atoms with Crippen molar-refractivity contribution < 1.29 is 0 Å². The third-order valence-electron chi connectivity index (χ3n) is 2.21. The lowest BCUT2D eigenvalue weighted by molar-refractivity contribution is 1.10. The Kier molecular flexibility index (Phi) is 2.59. The Morgan fingerprint density at radius 3 is 2.64 bits per heavy atom. The fraction of sp³-hybridized carbons (Fsp3) is 0.273. The molecule has 0 bridgehead atoms. The molecule has 0 saturated carbocycles. The molecule has 0 saturated heterocycles. The molecule has 2 nitrogen and oxygen atoms in total. The monoisotopic (exact) mass is 204 g/mol. The summed E-state index contributed by atoms with van der Waals surface area (Å²) in [5, 5.41) is 0. The minimum atomic E-state index is 1.03. The van der Waals surface area contributed by atoms with Crippen molar-refractivity contribution in [1.29, 1.82) is 0 Å². The van der Waals surface area contributed by atoms with Gasteiger partial charge in [0.25, 0.3) is 0 Å². The quantitative estimate of drug-likeness (QED) is 0.751. The third kappa shape index (κ3) is 1.68. The van der Waals surface area contributed by atoms with Crippen molar-refractivity contribution in [2.24, 2.45) is 0 Å². The Morgan fingerprint density at radius 2 is 2.14 bits per heavy atom. The van der Waals surface area contributed by atoms with E-state index < -0.39 is 0 Å². The van der Waals surface area contributed by atoms with Gasteiger partial charge in [0.1, 0.15) is 0 Å². The number of rotatable bonds is 2. The molecule has 0 atom stereocenters. The SMILES string of the molecule is CCc1ccc(-c2scnc2C)nc1. The zero-order chi connectivity index (χ0) is 9.97. The average molecular weight is 204 g/mol. The molecule has 0 radical (unpaired) electrons. The molecule has 0 amide bonds. The van der Waals surface area contributed by atoms with Gasteiger partial charge >= 0.3 is 0 Å². The van der Waals surface area contributed by atoms with E-state index in [4.69, 9.17) is 0 Å². The van der Waals surface area contributed by atoms with Gasteiger partial charge < -0.3 is 0 Å². The van der Waals surface area contributed by atoms with E-state index in [-0.39, 0.29) is 0 Å². The van der Waals surface area contributed by atoms with Gasteiger partial charge in [-0.1, -0.05) is 13.0 Å². The Labute approximate surface area is 87.7 Å². The molecule has 0 fully saturated rings. The first-order chi connectivity index (χ1) is 6.81. The summed E-state index contributed by atoms with van der Waals surface area (Å²) < 4.78 is 0. The zero-order valence-electron chi connectivity index (χ0n) is 8.32. The smallest absolute Gasteiger partial charge is 0.0820 e. The Balaban J connectivity index is 2.39. The number of aromatic nitrogens is 2. The van der Waals surface area contributed by atoms with Crippen molar-refractivity contribution in [3.8, 4) is 10.6 Å². The van der Waals surface area contributed by atoms with E-state index in [0.717, 1.165) is 17.8 Å². The predicted octanol–water partition coefficient (Wildman–Crippen LogP) is 3.08. The molecule has 14 heavy (non-hydrogen) atoms. The van der Waals surface area contributed by atoms with Gasteiger partial charge in [0, 0.05) is 6.20 Å². The van der Waals surface area contributed by atoms with E-state index >= 15 is 0 Å². The highest BCUT2D eigenvalue weighted by Crippen LogP contribution is 2.24. The Bertz CT molecular complexity index is 417. The topological polar surface area (TPSA) is 25.8 Å². The van der Waals surface area contributed by atoms with E-state index in [1.165, 1.54) is 10.4 Å². The van der Waals surface area contributed by atoms with Crippen LogP contribution in [0.1, 0.15) is 18.2 Å². The number of hydrogen-bond donors (Lipinski definition) is 0. The molecule has 3 heteroatoms. The molecular formula is C11H12N2S. The second-order valence-electron chi connectivity index (χ2n) is 3.17. The second-order valence-corrected chi connectivity index (χ2v) is 4.03. The summed E-state index contributed by atoms with van der Waals surface area (Å²) in [6.45, 7) is 4.15. The molecule has 0 aliphatic carbocycles. The highest BCUT2D eigenvalue weighted by molar-refractivity contribution is 7.13. The highest BCUT2D eigenvalue weighted by atomic mass is 32.1. The van der Waals surface area contributed by atoms with Crippen molar-refractivity contribution in [3.63, 3.8) is 0 Å². The van der Waals surface area contributed by atoms with Gasteiger partial charge in [0.05, 0.1) is 21.8 Å². The Morgan fingerprint density at radius 1 is 1.29 bits per heavy atom. The fourth-order valence-corrected chi connectivity index (χ4v) is 2.10. The number of nitrogens with zero attached hydrogens (tertiary/aromatic N) is 2. The summed E-state index contributed by atoms with van der Waals surface area (Å²) in [7, 11) is 0. The lowest BCUT2D eigenvalue weighted by atomic mass is 10.2. The first kappa shape index (κ1) is 9.34. The third-order valence-corrected chi connectivity index (χ3v) is 3.16. The standard InChI is InChI=1S/C11H12N2S/c1-3-9-4-5-10(12-6-9)11-8(2)13-7-14-11/h4-7H,3H2,1-2H3. The highest BCUT2D eigenvalue weighted by Gasteiger charge is 2.05. The fourth-order valence-electron chi connectivity index (χ4n) is 1.32. The van der Waals surface area contributed by atoms with Crippen LogP contribution in [0.5, 0.6) is 0 Å². The maximum atomic E-state index is 4.42. The largest absolute Gasteiger partial charge is 0.255 e. The molecule has 0 aliphatic rings. The van der Waals surface area contributed by atoms with Gasteiger partial charge in [0.2, 0.25) is 0 Å². The predicted molar refractivity (Wildman–Crippen MR) is 59.5 cm³/mol. The van der Waals surface area contributed by atoms with Crippen LogP contribution in [0, 0.1) is 6.92 Å². The van der Waals surface area contributed by atoms with E-state index in [2.05, 4.69) is 29.0 Å². The van der Waals surface area contributed by atoms with Crippen LogP contribution in [-0.4, -0.2) is 9.97 Å². The van der Waals surface area contributed by atoms with Gasteiger partial charge in [0.15, 0.2) is 0 Å². The van der Waals surface area contributed by atoms with E-state index in [9.17, 15) is 0 Å². The van der Waals surface area contributed by atoms with Crippen LogP contribution >= 0.6 is 11.3 Å². The summed E-state index contributed by atoms with van der Waals surface area (Å²) in [4.78, 5) is 9.81. The van der Waals surface area contributed by atoms with Crippen LogP contribution in [0.3, 0.4) is 0 Å². The van der Waals surface area contributed by atoms with Crippen LogP contribution in [0.15, 0.2) is 23.8 Å². The molecule has 0 unspecified atom stereocenters. The Hall–Kier alpha value is -1.22. The summed E-state index contributed by atoms with van der Waals surface area (Å²) in [6.07, 6.45) is 2.98. The van der Waals surface area contributed by atoms with Crippen molar-refractivity contribution in [1.82, 2.24) is 9.97 Å². The van der Waals surface area contributed by atoms with Crippen molar-refractivity contribution in [2.45, 2.75) is 20.3 Å². The van der Waals surface area contributed by atoms with Gasteiger partial charge in [-0.2, -0.15) is 0 Å². The summed E-state index contributed by atoms with van der Waals surface area (Å²) in [5.74, 6) is 0. The maximum absolute atomic E-state index is 4.42. The van der Waals surface area contributed by atoms with Gasteiger partial charge in [-0.25, -0.2) is 4.98 Å². The molecule has 0 aliphatic heterocycles. The van der Waals surface area contributed by atoms with Crippen LogP contribution in [0.25, 0.3) is 10.6 Å². The summed E-state index contributed by atoms with van der Waals surface area (Å²) in [5.41, 5.74) is 5.23. The molecule has 72 valence electrons. The normalized spacial score (nSPS) is 10.4. The van der Waals surface area contributed by atoms with Crippen LogP contribution in [0.2, 0.25) is 0 Å². The molecular weight excluding hydrogens is 192 g/mol. The summed E-state index contributed by atoms with van der Waals surface area (Å²) >= 11 is 1.64. The number of pyridine rings is 1. The molecule has 2 heterocycles. The molecule has 0 N–H and O–H groups in total. The molecule has 2 aromatic rings. The van der Waals surface area contributed by atoms with E-state index in [1.807, 2.05) is 18.6 Å². The van der Waals surface area contributed by atoms with Crippen molar-refractivity contribution in [3.05, 3.63) is 35.1 Å². The zero-order valence-corrected chi connectivity index (χ0v) is 9.14. The molecule has 2 rings (SSSR count). The van der Waals surface area contributed by atoms with Gasteiger partial charge in [-0.3, -0.25) is 4.98 Å². The molecule has 2 aromatic heterocycles. The van der Waals surface area contributed by atoms with Crippen molar-refractivity contribution in [2.75, 3.05) is 0 Å². The first-order valence-electron chi connectivity index (χ1n) is 4.66. The number of thiazole rings is 1. The van der Waals surface area contributed by atoms with E-state index in [0.29, 0.717) is 0 Å². The first-order valence-corrected chi connectivity index (χ1v) is 5.54. The summed E-state index contributed by atoms with van der Waals surface area (Å²) in [6, 6.07) is 4.20. The van der Waals surface area contributed by atoms with Crippen molar-refractivity contribution >= 4 is 11.3 Å². The molecule has 0 aromatic carbocycles. The molecule has 0 spiro atoms. The van der Waals surface area contributed by atoms with Gasteiger partial charge in [-0.05, 0) is 25.0 Å². The minimum absolute atomic E-state index is 1.03. The van der Waals surface area contributed by atoms with E-state index in [1.54, 1.807) is 11.3 Å².